The van der Waals surface area contributed by atoms with Crippen LogP contribution in [-0.2, 0) is 17.9 Å². The molecule has 7 heteroatoms. The van der Waals surface area contributed by atoms with Crippen LogP contribution in [0, 0.1) is 0 Å². The van der Waals surface area contributed by atoms with E-state index in [9.17, 15) is 0 Å². The number of aromatic nitrogens is 4. The number of rotatable bonds is 3. The Morgan fingerprint density at radius 2 is 2.36 bits per heavy atom. The lowest BCUT2D eigenvalue weighted by atomic mass is 10.0. The summed E-state index contributed by atoms with van der Waals surface area (Å²) in [6.45, 7) is 7.93. The molecule has 2 atom stereocenters. The number of piperidine rings is 1. The number of hydrogen-bond donors (Lipinski definition) is 0. The van der Waals surface area contributed by atoms with Gasteiger partial charge in [-0.3, -0.25) is 4.90 Å². The highest BCUT2D eigenvalue weighted by molar-refractivity contribution is 7.09. The quantitative estimate of drug-likeness (QED) is 0.868. The Kier molecular flexibility index (Phi) is 3.71. The van der Waals surface area contributed by atoms with E-state index in [2.05, 4.69) is 39.1 Å². The molecule has 0 saturated carbocycles. The van der Waals surface area contributed by atoms with Gasteiger partial charge in [-0.1, -0.05) is 19.1 Å². The van der Waals surface area contributed by atoms with Gasteiger partial charge >= 0.3 is 0 Å². The molecule has 0 unspecified atom stereocenters. The summed E-state index contributed by atoms with van der Waals surface area (Å²) in [7, 11) is 0. The molecule has 2 aliphatic rings. The topological polar surface area (TPSA) is 56.1 Å². The Balaban J connectivity index is 1.42. The predicted octanol–water partition coefficient (Wildman–Crippen LogP) is 2.20. The fraction of sp³-hybridized carbons (Fsp3) is 0.667. The van der Waals surface area contributed by atoms with Gasteiger partial charge in [-0.25, -0.2) is 9.67 Å². The zero-order valence-electron chi connectivity index (χ0n) is 13.0. The van der Waals surface area contributed by atoms with Gasteiger partial charge in [0.2, 0.25) is 0 Å². The van der Waals surface area contributed by atoms with Crippen molar-refractivity contribution in [3.8, 4) is 0 Å². The van der Waals surface area contributed by atoms with Gasteiger partial charge < -0.3 is 4.74 Å². The highest BCUT2D eigenvalue weighted by Gasteiger charge is 2.36. The van der Waals surface area contributed by atoms with E-state index >= 15 is 0 Å². The van der Waals surface area contributed by atoms with E-state index in [0.717, 1.165) is 31.7 Å². The van der Waals surface area contributed by atoms with Gasteiger partial charge in [0.05, 0.1) is 42.9 Å². The molecule has 1 saturated heterocycles. The zero-order valence-corrected chi connectivity index (χ0v) is 13.8. The molecule has 0 radical (unpaired) electrons. The third kappa shape index (κ3) is 2.57. The van der Waals surface area contributed by atoms with Gasteiger partial charge in [-0.2, -0.15) is 0 Å². The first-order chi connectivity index (χ1) is 10.7. The molecular formula is C15H21N5OS. The van der Waals surface area contributed by atoms with Crippen LogP contribution in [0.15, 0.2) is 11.6 Å². The predicted molar refractivity (Wildman–Crippen MR) is 83.7 cm³/mol. The number of likely N-dealkylation sites (tertiary alicyclic amines) is 1. The van der Waals surface area contributed by atoms with Gasteiger partial charge in [-0.05, 0) is 12.3 Å². The van der Waals surface area contributed by atoms with Gasteiger partial charge in [0, 0.05) is 18.5 Å². The highest BCUT2D eigenvalue weighted by atomic mass is 32.1. The Hall–Kier alpha value is -1.31. The molecule has 0 aromatic carbocycles. The molecule has 0 amide bonds. The van der Waals surface area contributed by atoms with E-state index in [4.69, 9.17) is 9.72 Å². The highest BCUT2D eigenvalue weighted by Crippen LogP contribution is 2.31. The molecule has 2 aromatic heterocycles. The van der Waals surface area contributed by atoms with E-state index in [1.165, 1.54) is 10.7 Å². The molecule has 0 bridgehead atoms. The lowest BCUT2D eigenvalue weighted by Gasteiger charge is -2.40. The second kappa shape index (κ2) is 5.72. The van der Waals surface area contributed by atoms with Crippen LogP contribution in [0.4, 0.5) is 0 Å². The number of nitrogens with zero attached hydrogens (tertiary/aromatic N) is 5. The minimum absolute atomic E-state index is 0.215. The Morgan fingerprint density at radius 3 is 3.18 bits per heavy atom. The van der Waals surface area contributed by atoms with Crippen LogP contribution in [0.3, 0.4) is 0 Å². The Bertz CT molecular complexity index is 652. The molecule has 22 heavy (non-hydrogen) atoms. The van der Waals surface area contributed by atoms with Crippen LogP contribution in [-0.4, -0.2) is 44.1 Å². The summed E-state index contributed by atoms with van der Waals surface area (Å²) in [6, 6.07) is 0.338. The monoisotopic (exact) mass is 319 g/mol. The van der Waals surface area contributed by atoms with E-state index in [-0.39, 0.29) is 6.10 Å². The summed E-state index contributed by atoms with van der Waals surface area (Å²) in [5.74, 6) is 0.503. The zero-order chi connectivity index (χ0) is 15.1. The number of ether oxygens (including phenoxy) is 1. The van der Waals surface area contributed by atoms with Crippen LogP contribution < -0.4 is 0 Å². The molecule has 2 aromatic rings. The number of fused-ring (bicyclic) bond motifs is 3. The van der Waals surface area contributed by atoms with Gasteiger partial charge in [0.15, 0.2) is 0 Å². The molecule has 0 N–H and O–H groups in total. The van der Waals surface area contributed by atoms with Gasteiger partial charge in [0.1, 0.15) is 5.01 Å². The summed E-state index contributed by atoms with van der Waals surface area (Å²) in [4.78, 5) is 7.19. The van der Waals surface area contributed by atoms with Crippen LogP contribution in [0.1, 0.15) is 48.6 Å². The molecular weight excluding hydrogens is 298 g/mol. The minimum atomic E-state index is 0.215. The first-order valence-corrected chi connectivity index (χ1v) is 8.76. The number of thiazole rings is 1. The second-order valence-corrected chi connectivity index (χ2v) is 7.37. The first-order valence-electron chi connectivity index (χ1n) is 7.88. The third-order valence-electron chi connectivity index (χ3n) is 4.54. The summed E-state index contributed by atoms with van der Waals surface area (Å²) in [6.07, 6.45) is 3.09. The van der Waals surface area contributed by atoms with E-state index in [1.807, 2.05) is 6.20 Å². The normalized spacial score (nSPS) is 25.2. The lowest BCUT2D eigenvalue weighted by Crippen LogP contribution is -2.48. The molecule has 4 rings (SSSR count). The summed E-state index contributed by atoms with van der Waals surface area (Å²) >= 11 is 1.77. The summed E-state index contributed by atoms with van der Waals surface area (Å²) in [5.41, 5.74) is 2.30. The lowest BCUT2D eigenvalue weighted by molar-refractivity contribution is -0.0704. The fourth-order valence-corrected chi connectivity index (χ4v) is 4.25. The van der Waals surface area contributed by atoms with Crippen molar-refractivity contribution in [2.45, 2.75) is 51.5 Å². The van der Waals surface area contributed by atoms with Crippen LogP contribution in [0.25, 0.3) is 0 Å². The second-order valence-electron chi connectivity index (χ2n) is 6.43. The van der Waals surface area contributed by atoms with Gasteiger partial charge in [0.25, 0.3) is 0 Å². The van der Waals surface area contributed by atoms with Crippen molar-refractivity contribution in [2.24, 2.45) is 0 Å². The van der Waals surface area contributed by atoms with Crippen molar-refractivity contribution >= 4 is 11.3 Å². The Labute approximate surface area is 134 Å². The van der Waals surface area contributed by atoms with Crippen molar-refractivity contribution in [3.63, 3.8) is 0 Å². The van der Waals surface area contributed by atoms with Crippen LogP contribution >= 0.6 is 11.3 Å². The standard InChI is InChI=1S/C15H21N5OS/c1-10(2)12-9-22-15(17-12)7-19-4-3-13-14(6-19)21-8-11-5-16-18-20(11)13/h5,9-10,13-14H,3-4,6-8H2,1-2H3/t13-,14-/m0/s1. The molecule has 0 spiro atoms. The maximum atomic E-state index is 6.02. The van der Waals surface area contributed by atoms with Crippen molar-refractivity contribution < 1.29 is 4.74 Å². The maximum absolute atomic E-state index is 6.02. The SMILES string of the molecule is CC(C)c1csc(CN2CC[C@H]3[C@H](C2)OCc2cnnn23)n1. The molecule has 118 valence electrons. The molecule has 2 aliphatic heterocycles. The molecule has 0 aliphatic carbocycles. The average molecular weight is 319 g/mol. The van der Waals surface area contributed by atoms with Crippen molar-refractivity contribution in [2.75, 3.05) is 13.1 Å². The molecule has 1 fully saturated rings. The van der Waals surface area contributed by atoms with E-state index in [1.54, 1.807) is 11.3 Å². The first kappa shape index (κ1) is 14.3. The largest absolute Gasteiger partial charge is 0.368 e. The maximum Gasteiger partial charge on any atom is 0.107 e. The molecule has 4 heterocycles. The van der Waals surface area contributed by atoms with Crippen molar-refractivity contribution in [1.29, 1.82) is 0 Å². The van der Waals surface area contributed by atoms with Crippen LogP contribution in [0.5, 0.6) is 0 Å². The van der Waals surface area contributed by atoms with Gasteiger partial charge in [-0.15, -0.1) is 16.4 Å². The third-order valence-corrected chi connectivity index (χ3v) is 5.39. The van der Waals surface area contributed by atoms with Crippen molar-refractivity contribution in [3.05, 3.63) is 28.0 Å². The minimum Gasteiger partial charge on any atom is -0.368 e. The average Bonchev–Trinajstić information content (AvgIpc) is 3.15. The van der Waals surface area contributed by atoms with E-state index < -0.39 is 0 Å². The summed E-state index contributed by atoms with van der Waals surface area (Å²) in [5, 5.41) is 11.6. The fourth-order valence-electron chi connectivity index (χ4n) is 3.25. The van der Waals surface area contributed by atoms with E-state index in [0.29, 0.717) is 18.6 Å². The van der Waals surface area contributed by atoms with Crippen molar-refractivity contribution in [1.82, 2.24) is 24.9 Å². The smallest absolute Gasteiger partial charge is 0.107 e. The Morgan fingerprint density at radius 1 is 1.45 bits per heavy atom. The number of hydrogen-bond acceptors (Lipinski definition) is 6. The molecule has 6 nitrogen and oxygen atoms in total. The van der Waals surface area contributed by atoms with Crippen LogP contribution in [0.2, 0.25) is 0 Å². The summed E-state index contributed by atoms with van der Waals surface area (Å²) < 4.78 is 8.08.